The molecule has 1 aromatic carbocycles. The van der Waals surface area contributed by atoms with Crippen molar-refractivity contribution in [1.29, 1.82) is 0 Å². The third-order valence-electron chi connectivity index (χ3n) is 2.91. The van der Waals surface area contributed by atoms with Gasteiger partial charge in [0, 0.05) is 6.42 Å². The smallest absolute Gasteiger partial charge is 0.264 e. The Morgan fingerprint density at radius 2 is 1.68 bits per heavy atom. The van der Waals surface area contributed by atoms with E-state index in [2.05, 4.69) is 5.16 Å². The first-order chi connectivity index (χ1) is 9.18. The number of rotatable bonds is 1. The van der Waals surface area contributed by atoms with Gasteiger partial charge in [-0.05, 0) is 19.1 Å². The predicted octanol–water partition coefficient (Wildman–Crippen LogP) is 2.43. The molecule has 3 rings (SSSR count). The highest BCUT2D eigenvalue weighted by Gasteiger charge is 2.42. The first kappa shape index (κ1) is 13.3. The summed E-state index contributed by atoms with van der Waals surface area (Å²) in [7, 11) is 0. The molecule has 100 valence electrons. The molecule has 0 bridgehead atoms. The second-order valence-electron chi connectivity index (χ2n) is 4.12. The highest BCUT2D eigenvalue weighted by atomic mass is 16.7. The van der Waals surface area contributed by atoms with Crippen LogP contribution in [-0.2, 0) is 4.84 Å². The summed E-state index contributed by atoms with van der Waals surface area (Å²) in [4.78, 5) is 30.4. The minimum atomic E-state index is -0.595. The molecule has 0 saturated carbocycles. The van der Waals surface area contributed by atoms with E-state index in [-0.39, 0.29) is 11.8 Å². The van der Waals surface area contributed by atoms with Gasteiger partial charge in [-0.3, -0.25) is 9.59 Å². The van der Waals surface area contributed by atoms with E-state index in [0.717, 1.165) is 10.6 Å². The normalized spacial score (nSPS) is 20.5. The lowest BCUT2D eigenvalue weighted by molar-refractivity contribution is -0.0143. The van der Waals surface area contributed by atoms with E-state index in [1.807, 2.05) is 13.8 Å². The monoisotopic (exact) mass is 260 g/mol. The zero-order chi connectivity index (χ0) is 14.0. The number of carbonyl (C=O) groups is 2. The Hall–Kier alpha value is -2.17. The van der Waals surface area contributed by atoms with Gasteiger partial charge in [-0.25, -0.2) is 4.90 Å². The van der Waals surface area contributed by atoms with Crippen molar-refractivity contribution in [3.8, 4) is 0 Å². The van der Waals surface area contributed by atoms with Gasteiger partial charge >= 0.3 is 0 Å². The van der Waals surface area contributed by atoms with Crippen LogP contribution < -0.4 is 0 Å². The largest absolute Gasteiger partial charge is 0.370 e. The van der Waals surface area contributed by atoms with Crippen LogP contribution in [-0.4, -0.2) is 28.7 Å². The summed E-state index contributed by atoms with van der Waals surface area (Å²) >= 11 is 0. The second kappa shape index (κ2) is 5.22. The molecule has 2 heterocycles. The average Bonchev–Trinajstić information content (AvgIpc) is 2.96. The summed E-state index contributed by atoms with van der Waals surface area (Å²) < 4.78 is 0. The van der Waals surface area contributed by atoms with E-state index in [0.29, 0.717) is 17.5 Å². The Bertz CT molecular complexity index is 516. The van der Waals surface area contributed by atoms with Crippen molar-refractivity contribution in [2.45, 2.75) is 33.4 Å². The summed E-state index contributed by atoms with van der Waals surface area (Å²) in [6.07, 6.45) is -0.117. The molecule has 19 heavy (non-hydrogen) atoms. The number of oxime groups is 1. The van der Waals surface area contributed by atoms with Gasteiger partial charge in [-0.15, -0.1) is 0 Å². The number of nitrogens with zero attached hydrogens (tertiary/aromatic N) is 2. The number of benzene rings is 1. The minimum absolute atomic E-state index is 0.305. The second-order valence-corrected chi connectivity index (χ2v) is 4.12. The van der Waals surface area contributed by atoms with E-state index in [1.54, 1.807) is 31.2 Å². The Morgan fingerprint density at radius 1 is 1.16 bits per heavy atom. The number of hydrogen-bond donors (Lipinski definition) is 0. The van der Waals surface area contributed by atoms with Crippen molar-refractivity contribution < 1.29 is 14.4 Å². The Morgan fingerprint density at radius 3 is 2.11 bits per heavy atom. The van der Waals surface area contributed by atoms with Crippen molar-refractivity contribution in [3.05, 3.63) is 35.4 Å². The van der Waals surface area contributed by atoms with Crippen molar-refractivity contribution >= 4 is 17.5 Å². The first-order valence-electron chi connectivity index (χ1n) is 6.34. The van der Waals surface area contributed by atoms with Gasteiger partial charge in [0.05, 0.1) is 16.8 Å². The third-order valence-corrected chi connectivity index (χ3v) is 2.91. The quantitative estimate of drug-likeness (QED) is 0.729. The van der Waals surface area contributed by atoms with Gasteiger partial charge in [0.25, 0.3) is 11.8 Å². The van der Waals surface area contributed by atoms with Gasteiger partial charge in [0.1, 0.15) is 0 Å². The number of imide groups is 1. The summed E-state index contributed by atoms with van der Waals surface area (Å²) in [5.41, 5.74) is 1.66. The summed E-state index contributed by atoms with van der Waals surface area (Å²) in [6.45, 7) is 5.80. The molecular weight excluding hydrogens is 244 g/mol. The molecule has 1 unspecified atom stereocenters. The van der Waals surface area contributed by atoms with Crippen LogP contribution in [0.4, 0.5) is 0 Å². The van der Waals surface area contributed by atoms with Crippen LogP contribution in [0.15, 0.2) is 29.4 Å². The van der Waals surface area contributed by atoms with E-state index in [4.69, 9.17) is 4.84 Å². The van der Waals surface area contributed by atoms with Crippen molar-refractivity contribution in [2.75, 3.05) is 0 Å². The van der Waals surface area contributed by atoms with Crippen molar-refractivity contribution in [2.24, 2.45) is 5.16 Å². The standard InChI is InChI=1S/C12H10N2O3.C2H6/c1-7-6-10(17-13-7)14-11(15)8-4-2-3-5-9(8)12(14)16;1-2/h2-5,10H,6H2,1H3;1-2H3. The zero-order valence-electron chi connectivity index (χ0n) is 11.2. The fourth-order valence-corrected chi connectivity index (χ4v) is 2.09. The van der Waals surface area contributed by atoms with Crippen LogP contribution in [0, 0.1) is 0 Å². The SMILES string of the molecule is CC.CC1=NOC(N2C(=O)c3ccccc3C2=O)C1. The molecule has 0 radical (unpaired) electrons. The van der Waals surface area contributed by atoms with Crippen molar-refractivity contribution in [3.63, 3.8) is 0 Å². The van der Waals surface area contributed by atoms with Crippen LogP contribution in [0.1, 0.15) is 47.9 Å². The number of hydrogen-bond acceptors (Lipinski definition) is 4. The number of carbonyl (C=O) groups excluding carboxylic acids is 2. The molecule has 0 fully saturated rings. The van der Waals surface area contributed by atoms with Gasteiger partial charge in [-0.2, -0.15) is 0 Å². The van der Waals surface area contributed by atoms with E-state index >= 15 is 0 Å². The summed E-state index contributed by atoms with van der Waals surface area (Å²) in [5.74, 6) is -0.610. The molecule has 0 saturated heterocycles. The molecule has 2 amide bonds. The molecule has 0 aromatic heterocycles. The molecule has 0 aliphatic carbocycles. The molecule has 0 spiro atoms. The van der Waals surface area contributed by atoms with Crippen LogP contribution in [0.3, 0.4) is 0 Å². The highest BCUT2D eigenvalue weighted by molar-refractivity contribution is 6.21. The summed E-state index contributed by atoms with van der Waals surface area (Å²) in [6, 6.07) is 6.78. The van der Waals surface area contributed by atoms with E-state index < -0.39 is 6.23 Å². The highest BCUT2D eigenvalue weighted by Crippen LogP contribution is 2.27. The molecule has 1 atom stereocenters. The van der Waals surface area contributed by atoms with Gasteiger partial charge in [0.2, 0.25) is 6.23 Å². The lowest BCUT2D eigenvalue weighted by Gasteiger charge is -2.19. The van der Waals surface area contributed by atoms with Crippen LogP contribution in [0.5, 0.6) is 0 Å². The molecule has 2 aliphatic rings. The Labute approximate surface area is 111 Å². The predicted molar refractivity (Wildman–Crippen MR) is 70.9 cm³/mol. The zero-order valence-corrected chi connectivity index (χ0v) is 11.2. The first-order valence-corrected chi connectivity index (χ1v) is 6.34. The lowest BCUT2D eigenvalue weighted by atomic mass is 10.1. The molecule has 0 N–H and O–H groups in total. The van der Waals surface area contributed by atoms with Gasteiger partial charge in [-0.1, -0.05) is 31.1 Å². The molecular formula is C14H16N2O3. The topological polar surface area (TPSA) is 59.0 Å². The van der Waals surface area contributed by atoms with Crippen LogP contribution >= 0.6 is 0 Å². The third kappa shape index (κ3) is 2.12. The lowest BCUT2D eigenvalue weighted by Crippen LogP contribution is -2.39. The molecule has 2 aliphatic heterocycles. The maximum absolute atomic E-state index is 12.1. The van der Waals surface area contributed by atoms with Crippen molar-refractivity contribution in [1.82, 2.24) is 4.90 Å². The molecule has 5 heteroatoms. The maximum atomic E-state index is 12.1. The maximum Gasteiger partial charge on any atom is 0.264 e. The molecule has 1 aromatic rings. The average molecular weight is 260 g/mol. The minimum Gasteiger partial charge on any atom is -0.370 e. The Kier molecular flexibility index (Phi) is 3.64. The van der Waals surface area contributed by atoms with E-state index in [1.165, 1.54) is 0 Å². The van der Waals surface area contributed by atoms with Crippen LogP contribution in [0.25, 0.3) is 0 Å². The number of fused-ring (bicyclic) bond motifs is 1. The number of amides is 2. The molecule has 5 nitrogen and oxygen atoms in total. The van der Waals surface area contributed by atoms with Gasteiger partial charge < -0.3 is 4.84 Å². The summed E-state index contributed by atoms with van der Waals surface area (Å²) in [5, 5.41) is 3.76. The Balaban J connectivity index is 0.000000637. The fraction of sp³-hybridized carbons (Fsp3) is 0.357. The van der Waals surface area contributed by atoms with Crippen LogP contribution in [0.2, 0.25) is 0 Å². The fourth-order valence-electron chi connectivity index (χ4n) is 2.09. The van der Waals surface area contributed by atoms with E-state index in [9.17, 15) is 9.59 Å². The van der Waals surface area contributed by atoms with Gasteiger partial charge in [0.15, 0.2) is 0 Å².